The molecule has 0 radical (unpaired) electrons. The molecular weight excluding hydrogens is 759 g/mol. The molecule has 3 N–H and O–H groups in total. The Morgan fingerprint density at radius 3 is 1.06 bits per heavy atom. The Balaban J connectivity index is 3.45. The van der Waals surface area contributed by atoms with Crippen LogP contribution in [0, 0.1) is 0 Å². The number of rotatable bonds is 47. The van der Waals surface area contributed by atoms with Gasteiger partial charge in [-0.25, -0.2) is 0 Å². The molecule has 4 nitrogen and oxygen atoms in total. The maximum absolute atomic E-state index is 12.4. The lowest BCUT2D eigenvalue weighted by Crippen LogP contribution is -2.45. The lowest BCUT2D eigenvalue weighted by Gasteiger charge is -2.20. The highest BCUT2D eigenvalue weighted by molar-refractivity contribution is 5.76. The van der Waals surface area contributed by atoms with Gasteiger partial charge in [-0.05, 0) is 77.0 Å². The van der Waals surface area contributed by atoms with Crippen molar-refractivity contribution in [2.45, 2.75) is 257 Å². The van der Waals surface area contributed by atoms with Gasteiger partial charge in [0, 0.05) is 6.42 Å². The summed E-state index contributed by atoms with van der Waals surface area (Å²) in [6, 6.07) is -0.622. The second-order valence-corrected chi connectivity index (χ2v) is 17.6. The van der Waals surface area contributed by atoms with Crippen molar-refractivity contribution in [2.75, 3.05) is 6.61 Å². The standard InChI is InChI=1S/C58H101NO3/c1-3-5-7-9-11-13-14-15-16-17-18-19-20-21-22-23-24-25-26-27-28-29-30-31-32-33-34-35-36-37-38-39-40-41-42-43-44-46-48-50-52-54-58(62)59-56(55-60)57(61)53-51-49-47-45-12-10-8-6-4-2/h5,7,11,13,15-16,18-19,21-22,24-25,27-28,51,53,56-57,60-61H,3-4,6,8-10,12,14,17,20,23,26,29-50,52,54-55H2,1-2H3,(H,59,62)/b7-5-,13-11-,16-15-,19-18-,22-21-,25-24-,28-27-,53-51+. The van der Waals surface area contributed by atoms with Crippen LogP contribution in [0.3, 0.4) is 0 Å². The van der Waals surface area contributed by atoms with Crippen LogP contribution in [-0.4, -0.2) is 34.9 Å². The SMILES string of the molecule is CC/C=C\C/C=C\C/C=C\C/C=C\C/C=C\C/C=C\C/C=C\CCCCCCCCCCCCCCCCCCCCCC(=O)NC(CO)C(O)/C=C/CCCCCCCCC. The highest BCUT2D eigenvalue weighted by Crippen LogP contribution is 2.16. The van der Waals surface area contributed by atoms with E-state index in [1.807, 2.05) is 6.08 Å². The van der Waals surface area contributed by atoms with Gasteiger partial charge in [0.05, 0.1) is 18.8 Å². The highest BCUT2D eigenvalue weighted by atomic mass is 16.3. The van der Waals surface area contributed by atoms with Crippen molar-refractivity contribution in [1.29, 1.82) is 0 Å². The number of hydrogen-bond donors (Lipinski definition) is 3. The molecule has 0 aromatic heterocycles. The Bertz CT molecular complexity index is 1160. The summed E-state index contributed by atoms with van der Waals surface area (Å²) in [4.78, 5) is 12.4. The van der Waals surface area contributed by atoms with Crippen LogP contribution >= 0.6 is 0 Å². The number of carbonyl (C=O) groups excluding carboxylic acids is 1. The van der Waals surface area contributed by atoms with Crippen LogP contribution in [0.4, 0.5) is 0 Å². The maximum atomic E-state index is 12.4. The Hall–Kier alpha value is -2.69. The first-order valence-electron chi connectivity index (χ1n) is 26.5. The summed E-state index contributed by atoms with van der Waals surface area (Å²) in [5.41, 5.74) is 0. The number of hydrogen-bond acceptors (Lipinski definition) is 3. The zero-order valence-corrected chi connectivity index (χ0v) is 40.9. The molecule has 0 heterocycles. The molecule has 0 rings (SSSR count). The minimum absolute atomic E-state index is 0.0673. The van der Waals surface area contributed by atoms with E-state index in [2.05, 4.69) is 104 Å². The van der Waals surface area contributed by atoms with Crippen LogP contribution in [-0.2, 0) is 4.79 Å². The van der Waals surface area contributed by atoms with E-state index < -0.39 is 12.1 Å². The molecule has 0 fully saturated rings. The minimum atomic E-state index is -0.839. The molecular formula is C58H101NO3. The zero-order valence-electron chi connectivity index (χ0n) is 40.9. The maximum Gasteiger partial charge on any atom is 0.220 e. The van der Waals surface area contributed by atoms with Gasteiger partial charge < -0.3 is 15.5 Å². The number of aliphatic hydroxyl groups excluding tert-OH is 2. The largest absolute Gasteiger partial charge is 0.394 e. The fourth-order valence-corrected chi connectivity index (χ4v) is 7.57. The molecule has 4 heteroatoms. The van der Waals surface area contributed by atoms with Crippen LogP contribution in [0.15, 0.2) is 97.2 Å². The second-order valence-electron chi connectivity index (χ2n) is 17.6. The average molecular weight is 860 g/mol. The molecule has 0 aliphatic rings. The number of unbranched alkanes of at least 4 members (excludes halogenated alkanes) is 26. The van der Waals surface area contributed by atoms with Gasteiger partial charge in [-0.1, -0.05) is 259 Å². The highest BCUT2D eigenvalue weighted by Gasteiger charge is 2.18. The van der Waals surface area contributed by atoms with E-state index in [0.717, 1.165) is 70.6 Å². The fourth-order valence-electron chi connectivity index (χ4n) is 7.57. The first kappa shape index (κ1) is 59.3. The topological polar surface area (TPSA) is 69.6 Å². The van der Waals surface area contributed by atoms with E-state index in [1.54, 1.807) is 6.08 Å². The summed E-state index contributed by atoms with van der Waals surface area (Å²) in [6.45, 7) is 4.16. The van der Waals surface area contributed by atoms with Crippen molar-refractivity contribution >= 4 is 5.91 Å². The third-order valence-electron chi connectivity index (χ3n) is 11.6. The summed E-state index contributed by atoms with van der Waals surface area (Å²) >= 11 is 0. The van der Waals surface area contributed by atoms with Gasteiger partial charge in [-0.15, -0.1) is 0 Å². The summed E-state index contributed by atoms with van der Waals surface area (Å²) < 4.78 is 0. The molecule has 2 atom stereocenters. The summed E-state index contributed by atoms with van der Waals surface area (Å²) in [5, 5.41) is 22.9. The van der Waals surface area contributed by atoms with Crippen LogP contribution < -0.4 is 5.32 Å². The molecule has 62 heavy (non-hydrogen) atoms. The monoisotopic (exact) mass is 860 g/mol. The fraction of sp³-hybridized carbons (Fsp3) is 0.707. The molecule has 0 saturated carbocycles. The lowest BCUT2D eigenvalue weighted by atomic mass is 10.0. The smallest absolute Gasteiger partial charge is 0.220 e. The molecule has 0 spiro atoms. The van der Waals surface area contributed by atoms with Gasteiger partial charge in [0.1, 0.15) is 0 Å². The third-order valence-corrected chi connectivity index (χ3v) is 11.6. The van der Waals surface area contributed by atoms with Crippen LogP contribution in [0.25, 0.3) is 0 Å². The van der Waals surface area contributed by atoms with E-state index in [1.165, 1.54) is 154 Å². The molecule has 0 aliphatic heterocycles. The Morgan fingerprint density at radius 1 is 0.403 bits per heavy atom. The average Bonchev–Trinajstić information content (AvgIpc) is 3.28. The van der Waals surface area contributed by atoms with Gasteiger partial charge in [0.25, 0.3) is 0 Å². The Labute approximate surface area is 385 Å². The number of allylic oxidation sites excluding steroid dienone is 15. The number of aliphatic hydroxyl groups is 2. The van der Waals surface area contributed by atoms with Gasteiger partial charge >= 0.3 is 0 Å². The number of carbonyl (C=O) groups is 1. The van der Waals surface area contributed by atoms with E-state index in [0.29, 0.717) is 6.42 Å². The normalized spacial score (nSPS) is 13.7. The molecule has 0 aliphatic carbocycles. The van der Waals surface area contributed by atoms with Crippen molar-refractivity contribution in [1.82, 2.24) is 5.32 Å². The van der Waals surface area contributed by atoms with E-state index in [-0.39, 0.29) is 12.5 Å². The van der Waals surface area contributed by atoms with Gasteiger partial charge in [0.2, 0.25) is 5.91 Å². The van der Waals surface area contributed by atoms with E-state index in [4.69, 9.17) is 0 Å². The minimum Gasteiger partial charge on any atom is -0.394 e. The van der Waals surface area contributed by atoms with E-state index >= 15 is 0 Å². The number of amides is 1. The van der Waals surface area contributed by atoms with Crippen molar-refractivity contribution in [3.05, 3.63) is 97.2 Å². The van der Waals surface area contributed by atoms with Crippen LogP contribution in [0.1, 0.15) is 245 Å². The number of nitrogens with one attached hydrogen (secondary N) is 1. The zero-order chi connectivity index (χ0) is 44.9. The van der Waals surface area contributed by atoms with Gasteiger partial charge in [-0.2, -0.15) is 0 Å². The molecule has 1 amide bonds. The Kier molecular flexibility index (Phi) is 50.4. The molecule has 0 aromatic rings. The lowest BCUT2D eigenvalue weighted by molar-refractivity contribution is -0.123. The molecule has 0 bridgehead atoms. The quantitative estimate of drug-likeness (QED) is 0.0422. The molecule has 2 unspecified atom stereocenters. The van der Waals surface area contributed by atoms with Gasteiger partial charge in [-0.3, -0.25) is 4.79 Å². The van der Waals surface area contributed by atoms with Crippen LogP contribution in [0.5, 0.6) is 0 Å². The van der Waals surface area contributed by atoms with Crippen LogP contribution in [0.2, 0.25) is 0 Å². The summed E-state index contributed by atoms with van der Waals surface area (Å²) in [5.74, 6) is -0.0673. The summed E-state index contributed by atoms with van der Waals surface area (Å²) in [6.07, 6.45) is 78.6. The van der Waals surface area contributed by atoms with Crippen molar-refractivity contribution < 1.29 is 15.0 Å². The predicted molar refractivity (Wildman–Crippen MR) is 276 cm³/mol. The molecule has 0 aromatic carbocycles. The Morgan fingerprint density at radius 2 is 0.710 bits per heavy atom. The predicted octanol–water partition coefficient (Wildman–Crippen LogP) is 17.4. The van der Waals surface area contributed by atoms with Crippen molar-refractivity contribution in [2.24, 2.45) is 0 Å². The van der Waals surface area contributed by atoms with Crippen molar-refractivity contribution in [3.8, 4) is 0 Å². The molecule has 356 valence electrons. The van der Waals surface area contributed by atoms with E-state index in [9.17, 15) is 15.0 Å². The molecule has 0 saturated heterocycles. The summed E-state index contributed by atoms with van der Waals surface area (Å²) in [7, 11) is 0. The van der Waals surface area contributed by atoms with Crippen molar-refractivity contribution in [3.63, 3.8) is 0 Å². The second kappa shape index (κ2) is 52.7. The third kappa shape index (κ3) is 48.3. The van der Waals surface area contributed by atoms with Gasteiger partial charge in [0.15, 0.2) is 0 Å². The first-order valence-corrected chi connectivity index (χ1v) is 26.5. The first-order chi connectivity index (χ1) is 30.7.